The number of halogens is 1. The van der Waals surface area contributed by atoms with Crippen molar-refractivity contribution >= 4 is 52.4 Å². The minimum Gasteiger partial charge on any atom is -0.458 e. The molecular formula is C56H72FN11O15. The molecule has 2 aromatic carbocycles. The number of pyridine rings is 2. The van der Waals surface area contributed by atoms with Crippen molar-refractivity contribution in [2.75, 3.05) is 84.5 Å². The summed E-state index contributed by atoms with van der Waals surface area (Å²) >= 11 is 0. The Morgan fingerprint density at radius 1 is 0.928 bits per heavy atom. The molecule has 26 nitrogen and oxygen atoms in total. The van der Waals surface area contributed by atoms with E-state index in [-0.39, 0.29) is 95.4 Å². The highest BCUT2D eigenvalue weighted by molar-refractivity contribution is 5.99. The summed E-state index contributed by atoms with van der Waals surface area (Å²) in [5.41, 5.74) is 15.7. The molecule has 4 heterocycles. The van der Waals surface area contributed by atoms with Gasteiger partial charge in [0, 0.05) is 52.7 Å². The molecule has 0 bridgehead atoms. The molecule has 0 fully saturated rings. The van der Waals surface area contributed by atoms with Crippen LogP contribution in [0.15, 0.2) is 46.3 Å². The van der Waals surface area contributed by atoms with Gasteiger partial charge in [0.15, 0.2) is 5.60 Å². The van der Waals surface area contributed by atoms with Crippen LogP contribution in [-0.2, 0) is 84.1 Å². The molecule has 83 heavy (non-hydrogen) atoms. The molecule has 0 spiro atoms. The average Bonchev–Trinajstić information content (AvgIpc) is 3.87. The highest BCUT2D eigenvalue weighted by Gasteiger charge is 2.46. The van der Waals surface area contributed by atoms with Crippen molar-refractivity contribution in [1.29, 1.82) is 0 Å². The highest BCUT2D eigenvalue weighted by Crippen LogP contribution is 2.46. The summed E-state index contributed by atoms with van der Waals surface area (Å²) in [6, 6.07) is 5.88. The lowest BCUT2D eigenvalue weighted by Gasteiger charge is -2.31. The topological polar surface area (TPSA) is 357 Å². The van der Waals surface area contributed by atoms with E-state index in [1.54, 1.807) is 58.0 Å². The zero-order valence-electron chi connectivity index (χ0n) is 47.0. The molecule has 1 aliphatic carbocycles. The second-order valence-corrected chi connectivity index (χ2v) is 20.4. The maximum Gasteiger partial charge on any atom is 0.407 e. The van der Waals surface area contributed by atoms with Crippen molar-refractivity contribution in [3.63, 3.8) is 0 Å². The molecule has 0 saturated heterocycles. The van der Waals surface area contributed by atoms with Crippen molar-refractivity contribution in [3.05, 3.63) is 102 Å². The van der Waals surface area contributed by atoms with Crippen LogP contribution in [0.3, 0.4) is 0 Å². The number of carbonyl (C=O) groups excluding carboxylic acids is 6. The van der Waals surface area contributed by atoms with Gasteiger partial charge < -0.3 is 75.1 Å². The second kappa shape index (κ2) is 30.0. The molecule has 8 N–H and O–H groups in total. The Morgan fingerprint density at radius 2 is 1.59 bits per heavy atom. The number of ether oxygens (including phenoxy) is 7. The van der Waals surface area contributed by atoms with E-state index in [0.717, 1.165) is 5.56 Å². The summed E-state index contributed by atoms with van der Waals surface area (Å²) in [5.74, 6) is -3.31. The Hall–Kier alpha value is -7.78. The summed E-state index contributed by atoms with van der Waals surface area (Å²) in [4.78, 5) is 99.8. The van der Waals surface area contributed by atoms with Crippen LogP contribution in [-0.4, -0.2) is 142 Å². The Kier molecular flexibility index (Phi) is 22.7. The van der Waals surface area contributed by atoms with E-state index in [1.165, 1.54) is 10.6 Å². The third-order valence-electron chi connectivity index (χ3n) is 14.5. The van der Waals surface area contributed by atoms with Crippen molar-refractivity contribution < 1.29 is 71.4 Å². The number of anilines is 1. The van der Waals surface area contributed by atoms with E-state index < -0.39 is 70.9 Å². The zero-order chi connectivity index (χ0) is 59.6. The van der Waals surface area contributed by atoms with Crippen molar-refractivity contribution in [2.24, 2.45) is 16.8 Å². The number of primary amides is 1. The first-order valence-corrected chi connectivity index (χ1v) is 27.6. The van der Waals surface area contributed by atoms with Crippen LogP contribution in [0.25, 0.3) is 32.7 Å². The van der Waals surface area contributed by atoms with E-state index in [4.69, 9.17) is 49.4 Å². The summed E-state index contributed by atoms with van der Waals surface area (Å²) < 4.78 is 55.0. The summed E-state index contributed by atoms with van der Waals surface area (Å²) in [5, 5.41) is 29.2. The number of aryl methyl sites for hydroxylation is 1. The molecular weight excluding hydrogens is 1090 g/mol. The monoisotopic (exact) mass is 1160 g/mol. The number of aromatic nitrogens is 2. The van der Waals surface area contributed by atoms with E-state index in [1.807, 2.05) is 0 Å². The van der Waals surface area contributed by atoms with Crippen LogP contribution in [0.4, 0.5) is 19.7 Å². The minimum atomic E-state index is -2.05. The number of cyclic esters (lactones) is 1. The van der Waals surface area contributed by atoms with Crippen LogP contribution in [0.1, 0.15) is 97.9 Å². The Morgan fingerprint density at radius 3 is 2.23 bits per heavy atom. The molecule has 7 rings (SSSR count). The number of hydrogen-bond acceptors (Lipinski definition) is 17. The number of benzene rings is 2. The van der Waals surface area contributed by atoms with E-state index >= 15 is 4.39 Å². The molecule has 0 unspecified atom stereocenters. The Labute approximate surface area is 477 Å². The third kappa shape index (κ3) is 16.1. The number of carbonyl (C=O) groups is 6. The van der Waals surface area contributed by atoms with Gasteiger partial charge in [-0.05, 0) is 90.9 Å². The molecule has 0 radical (unpaired) electrons. The minimum absolute atomic E-state index is 0.0426. The first-order chi connectivity index (χ1) is 39.9. The smallest absolute Gasteiger partial charge is 0.407 e. The maximum atomic E-state index is 15.5. The number of urea groups is 1. The number of azide groups is 1. The number of nitrogens with zero attached hydrogens (tertiary/aromatic N) is 5. The molecule has 448 valence electrons. The summed E-state index contributed by atoms with van der Waals surface area (Å²) in [6.07, 6.45) is 0.300. The van der Waals surface area contributed by atoms with Gasteiger partial charge in [0.1, 0.15) is 31.1 Å². The quantitative estimate of drug-likeness (QED) is 0.0104. The fourth-order valence-electron chi connectivity index (χ4n) is 10.1. The van der Waals surface area contributed by atoms with Crippen molar-refractivity contribution in [1.82, 2.24) is 30.8 Å². The SMILES string of the molecule is CC[C@@]1(O)C(=O)OCc2c1cc1n(c2=O)Cc2c-1nc1cc(F)c(C)c3c1c2[C@@H](NC(=O)OCc1ccc(NC(=O)[C@H](CCCNC(N)=O)NC(=O)[C@@H](NC(=O)CCOCCOCCOCCOCCOCCN=[N+]=[N-])C(C)C)cc1)CC3. The lowest BCUT2D eigenvalue weighted by molar-refractivity contribution is -0.172. The van der Waals surface area contributed by atoms with Gasteiger partial charge in [-0.25, -0.2) is 23.8 Å². The number of nitrogens with two attached hydrogens (primary N) is 1. The number of nitrogens with one attached hydrogen (secondary N) is 5. The lowest BCUT2D eigenvalue weighted by Crippen LogP contribution is -2.54. The normalized spacial score (nSPS) is 16.4. The largest absolute Gasteiger partial charge is 0.458 e. The van der Waals surface area contributed by atoms with Crippen molar-refractivity contribution in [3.8, 4) is 11.4 Å². The number of fused-ring (bicyclic) bond motifs is 5. The van der Waals surface area contributed by atoms with Gasteiger partial charge in [-0.2, -0.15) is 0 Å². The molecule has 27 heteroatoms. The standard InChI is InChI=1S/C56H72FN11O15/c1-5-56(76)39-27-44-49-37(29-68(44)52(72)38(39)31-82-53(56)73)47-41(13-12-36-33(4)40(57)28-43(63-49)46(36)47)65-55(75)83-30-34-8-10-35(11-9-34)62-50(70)42(7-6-15-60-54(58)74)64-51(71)48(32(2)3)66-45(69)14-17-77-19-21-79-23-25-81-26-24-80-22-20-78-18-16-61-67-59/h8-11,27-28,32,41-42,48,76H,5-7,12-26,29-31H2,1-4H3,(H,62,70)(H,64,71)(H,65,75)(H,66,69)(H3,58,60,74)/t41-,42-,48-,56-/m0/s1. The van der Waals surface area contributed by atoms with Gasteiger partial charge in [-0.15, -0.1) is 0 Å². The number of hydrogen-bond donors (Lipinski definition) is 7. The van der Waals surface area contributed by atoms with Gasteiger partial charge in [0.05, 0.1) is 101 Å². The van der Waals surface area contributed by atoms with Crippen LogP contribution >= 0.6 is 0 Å². The molecule has 2 aliphatic heterocycles. The Bertz CT molecular complexity index is 3120. The van der Waals surface area contributed by atoms with Crippen LogP contribution in [0.5, 0.6) is 0 Å². The van der Waals surface area contributed by atoms with E-state index in [2.05, 4.69) is 36.6 Å². The average molecular weight is 1160 g/mol. The molecule has 4 atom stereocenters. The number of amides is 6. The number of alkyl carbamates (subject to hydrolysis) is 1. The second-order valence-electron chi connectivity index (χ2n) is 20.4. The summed E-state index contributed by atoms with van der Waals surface area (Å²) in [7, 11) is 0. The fourth-order valence-corrected chi connectivity index (χ4v) is 10.1. The van der Waals surface area contributed by atoms with E-state index in [0.29, 0.717) is 109 Å². The van der Waals surface area contributed by atoms with Gasteiger partial charge >= 0.3 is 18.1 Å². The predicted molar refractivity (Wildman–Crippen MR) is 297 cm³/mol. The highest BCUT2D eigenvalue weighted by atomic mass is 19.1. The first-order valence-electron chi connectivity index (χ1n) is 27.6. The number of aliphatic hydroxyl groups is 1. The molecule has 3 aliphatic rings. The molecule has 4 aromatic rings. The van der Waals surface area contributed by atoms with Crippen LogP contribution < -0.4 is 37.9 Å². The van der Waals surface area contributed by atoms with E-state index in [9.17, 15) is 38.7 Å². The van der Waals surface area contributed by atoms with Crippen molar-refractivity contribution in [2.45, 2.75) is 110 Å². The van der Waals surface area contributed by atoms with Crippen LogP contribution in [0.2, 0.25) is 0 Å². The van der Waals surface area contributed by atoms with Gasteiger partial charge in [-0.3, -0.25) is 19.2 Å². The number of rotatable bonds is 32. The third-order valence-corrected chi connectivity index (χ3v) is 14.5. The molecule has 0 saturated carbocycles. The number of esters is 1. The summed E-state index contributed by atoms with van der Waals surface area (Å²) in [6.45, 7) is 9.87. The predicted octanol–water partition coefficient (Wildman–Crippen LogP) is 4.24. The Balaban J connectivity index is 0.893. The lowest BCUT2D eigenvalue weighted by atomic mass is 9.81. The maximum absolute atomic E-state index is 15.5. The molecule has 2 aromatic heterocycles. The molecule has 6 amide bonds. The fraction of sp³-hybridized carbons (Fsp3) is 0.536. The van der Waals surface area contributed by atoms with Gasteiger partial charge in [0.25, 0.3) is 5.56 Å². The van der Waals surface area contributed by atoms with Gasteiger partial charge in [0.2, 0.25) is 17.7 Å². The van der Waals surface area contributed by atoms with Crippen LogP contribution in [0, 0.1) is 18.7 Å². The first kappa shape index (κ1) is 62.8. The van der Waals surface area contributed by atoms with Gasteiger partial charge in [-0.1, -0.05) is 38.0 Å². The zero-order valence-corrected chi connectivity index (χ0v) is 47.0.